The Kier molecular flexibility index (Phi) is 6.55. The first kappa shape index (κ1) is 19.9. The van der Waals surface area contributed by atoms with E-state index in [4.69, 9.17) is 4.74 Å². The number of carbonyl (C=O) groups is 1. The average molecular weight is 393 g/mol. The summed E-state index contributed by atoms with van der Waals surface area (Å²) in [5.74, 6) is 0.229. The zero-order chi connectivity index (χ0) is 19.3. The molecule has 0 saturated carbocycles. The number of amides is 1. The van der Waals surface area contributed by atoms with Gasteiger partial charge in [-0.15, -0.1) is 0 Å². The molecule has 27 heavy (non-hydrogen) atoms. The smallest absolute Gasteiger partial charge is 0.257 e. The van der Waals surface area contributed by atoms with E-state index in [-0.39, 0.29) is 10.8 Å². The Hall–Kier alpha value is -1.86. The fraction of sp³-hybridized carbons (Fsp3) is 0.550. The minimum atomic E-state index is -3.67. The van der Waals surface area contributed by atoms with E-state index in [1.165, 1.54) is 37.7 Å². The predicted molar refractivity (Wildman–Crippen MR) is 104 cm³/mol. The van der Waals surface area contributed by atoms with Gasteiger partial charge in [-0.2, -0.15) is 0 Å². The Labute approximate surface area is 161 Å². The standard InChI is InChI=1S/C20H28N2O4S/c1-26-19-10-9-17(15-18(19)20(23)22-13-5-6-14-22)27(24,25)21-12-11-16-7-3-2-4-8-16/h7,9-10,15,21H,2-6,8,11-14H2,1H3. The van der Waals surface area contributed by atoms with Gasteiger partial charge in [0.1, 0.15) is 5.75 Å². The van der Waals surface area contributed by atoms with Gasteiger partial charge >= 0.3 is 0 Å². The van der Waals surface area contributed by atoms with Crippen LogP contribution in [-0.4, -0.2) is 46.0 Å². The summed E-state index contributed by atoms with van der Waals surface area (Å²) in [6.07, 6.45) is 9.44. The van der Waals surface area contributed by atoms with Crippen LogP contribution >= 0.6 is 0 Å². The lowest BCUT2D eigenvalue weighted by Crippen LogP contribution is -2.29. The minimum Gasteiger partial charge on any atom is -0.496 e. The lowest BCUT2D eigenvalue weighted by atomic mass is 9.97. The number of methoxy groups -OCH3 is 1. The van der Waals surface area contributed by atoms with Crippen molar-refractivity contribution in [2.75, 3.05) is 26.7 Å². The van der Waals surface area contributed by atoms with Crippen molar-refractivity contribution < 1.29 is 17.9 Å². The normalized spacial score (nSPS) is 17.7. The van der Waals surface area contributed by atoms with Crippen molar-refractivity contribution in [2.24, 2.45) is 0 Å². The molecule has 1 aliphatic heterocycles. The largest absolute Gasteiger partial charge is 0.496 e. The van der Waals surface area contributed by atoms with E-state index in [0.29, 0.717) is 30.9 Å². The number of nitrogens with zero attached hydrogens (tertiary/aromatic N) is 1. The molecular weight excluding hydrogens is 364 g/mol. The highest BCUT2D eigenvalue weighted by Gasteiger charge is 2.25. The highest BCUT2D eigenvalue weighted by Crippen LogP contribution is 2.26. The first-order valence-corrected chi connectivity index (χ1v) is 11.1. The van der Waals surface area contributed by atoms with Crippen LogP contribution in [0.5, 0.6) is 5.75 Å². The second kappa shape index (κ2) is 8.89. The van der Waals surface area contributed by atoms with E-state index in [1.54, 1.807) is 11.0 Å². The van der Waals surface area contributed by atoms with E-state index in [1.807, 2.05) is 0 Å². The quantitative estimate of drug-likeness (QED) is 0.724. The van der Waals surface area contributed by atoms with Crippen molar-refractivity contribution in [3.05, 3.63) is 35.4 Å². The van der Waals surface area contributed by atoms with Crippen LogP contribution in [0.3, 0.4) is 0 Å². The molecule has 1 amide bonds. The molecule has 0 unspecified atom stereocenters. The molecular formula is C20H28N2O4S. The molecule has 0 aromatic heterocycles. The summed E-state index contributed by atoms with van der Waals surface area (Å²) in [5, 5.41) is 0. The van der Waals surface area contributed by atoms with Crippen molar-refractivity contribution in [1.82, 2.24) is 9.62 Å². The van der Waals surface area contributed by atoms with Gasteiger partial charge in [0.15, 0.2) is 0 Å². The van der Waals surface area contributed by atoms with Gasteiger partial charge in [0.25, 0.3) is 5.91 Å². The van der Waals surface area contributed by atoms with Crippen LogP contribution in [0.25, 0.3) is 0 Å². The van der Waals surface area contributed by atoms with E-state index in [0.717, 1.165) is 32.1 Å². The second-order valence-electron chi connectivity index (χ2n) is 7.12. The van der Waals surface area contributed by atoms with Gasteiger partial charge < -0.3 is 9.64 Å². The van der Waals surface area contributed by atoms with Crippen molar-refractivity contribution >= 4 is 15.9 Å². The average Bonchev–Trinajstić information content (AvgIpc) is 3.22. The molecule has 7 heteroatoms. The molecule has 1 N–H and O–H groups in total. The molecule has 148 valence electrons. The molecule has 1 fully saturated rings. The fourth-order valence-corrected chi connectivity index (χ4v) is 4.73. The van der Waals surface area contributed by atoms with Crippen LogP contribution < -0.4 is 9.46 Å². The molecule has 1 aromatic rings. The summed E-state index contributed by atoms with van der Waals surface area (Å²) in [5.41, 5.74) is 1.63. The number of nitrogens with one attached hydrogen (secondary N) is 1. The van der Waals surface area contributed by atoms with Gasteiger partial charge in [0, 0.05) is 19.6 Å². The van der Waals surface area contributed by atoms with Crippen LogP contribution in [0.15, 0.2) is 34.7 Å². The third-order valence-corrected chi connectivity index (χ3v) is 6.69. The maximum atomic E-state index is 12.7. The van der Waals surface area contributed by atoms with Crippen LogP contribution in [0, 0.1) is 0 Å². The molecule has 1 aliphatic carbocycles. The summed E-state index contributed by atoms with van der Waals surface area (Å²) in [6, 6.07) is 4.48. The SMILES string of the molecule is COc1ccc(S(=O)(=O)NCCC2=CCCCC2)cc1C(=O)N1CCCC1. The Morgan fingerprint density at radius 2 is 1.96 bits per heavy atom. The number of benzene rings is 1. The van der Waals surface area contributed by atoms with Crippen LogP contribution in [-0.2, 0) is 10.0 Å². The van der Waals surface area contributed by atoms with E-state index in [9.17, 15) is 13.2 Å². The van der Waals surface area contributed by atoms with Crippen LogP contribution in [0.2, 0.25) is 0 Å². The Bertz CT molecular complexity index is 811. The van der Waals surface area contributed by atoms with Gasteiger partial charge in [0.05, 0.1) is 17.6 Å². The van der Waals surface area contributed by atoms with E-state index >= 15 is 0 Å². The summed E-state index contributed by atoms with van der Waals surface area (Å²) in [4.78, 5) is 14.6. The number of carbonyl (C=O) groups excluding carboxylic acids is 1. The summed E-state index contributed by atoms with van der Waals surface area (Å²) >= 11 is 0. The Morgan fingerprint density at radius 3 is 2.63 bits per heavy atom. The molecule has 0 bridgehead atoms. The zero-order valence-corrected chi connectivity index (χ0v) is 16.7. The minimum absolute atomic E-state index is 0.100. The monoisotopic (exact) mass is 392 g/mol. The lowest BCUT2D eigenvalue weighted by Gasteiger charge is -2.18. The topological polar surface area (TPSA) is 75.7 Å². The predicted octanol–water partition coefficient (Wildman–Crippen LogP) is 3.10. The third-order valence-electron chi connectivity index (χ3n) is 5.23. The van der Waals surface area contributed by atoms with Crippen molar-refractivity contribution in [3.63, 3.8) is 0 Å². The Morgan fingerprint density at radius 1 is 1.19 bits per heavy atom. The maximum absolute atomic E-state index is 12.7. The highest BCUT2D eigenvalue weighted by molar-refractivity contribution is 7.89. The van der Waals surface area contributed by atoms with Gasteiger partial charge in [0.2, 0.25) is 10.0 Å². The molecule has 3 rings (SSSR count). The Balaban J connectivity index is 1.73. The molecule has 1 saturated heterocycles. The summed E-state index contributed by atoms with van der Waals surface area (Å²) < 4.78 is 33.3. The van der Waals surface area contributed by atoms with Gasteiger partial charge in [-0.25, -0.2) is 13.1 Å². The van der Waals surface area contributed by atoms with Gasteiger partial charge in [-0.05, 0) is 63.1 Å². The molecule has 6 nitrogen and oxygen atoms in total. The zero-order valence-electron chi connectivity index (χ0n) is 15.9. The molecule has 2 aliphatic rings. The molecule has 0 atom stereocenters. The number of hydrogen-bond donors (Lipinski definition) is 1. The van der Waals surface area contributed by atoms with Crippen molar-refractivity contribution in [2.45, 2.75) is 49.8 Å². The number of allylic oxidation sites excluding steroid dienone is 1. The molecule has 0 radical (unpaired) electrons. The van der Waals surface area contributed by atoms with Crippen molar-refractivity contribution in [3.8, 4) is 5.75 Å². The number of likely N-dealkylation sites (tertiary alicyclic amines) is 1. The molecule has 1 heterocycles. The summed E-state index contributed by atoms with van der Waals surface area (Å²) in [6.45, 7) is 1.77. The number of hydrogen-bond acceptors (Lipinski definition) is 4. The fourth-order valence-electron chi connectivity index (χ4n) is 3.67. The molecule has 1 aromatic carbocycles. The summed E-state index contributed by atoms with van der Waals surface area (Å²) in [7, 11) is -2.18. The number of rotatable bonds is 7. The molecule has 0 spiro atoms. The second-order valence-corrected chi connectivity index (χ2v) is 8.88. The highest BCUT2D eigenvalue weighted by atomic mass is 32.2. The van der Waals surface area contributed by atoms with Gasteiger partial charge in [-0.3, -0.25) is 4.79 Å². The van der Waals surface area contributed by atoms with E-state index < -0.39 is 10.0 Å². The van der Waals surface area contributed by atoms with Gasteiger partial charge in [-0.1, -0.05) is 11.6 Å². The lowest BCUT2D eigenvalue weighted by molar-refractivity contribution is 0.0789. The van der Waals surface area contributed by atoms with Crippen molar-refractivity contribution in [1.29, 1.82) is 0 Å². The number of ether oxygens (including phenoxy) is 1. The first-order chi connectivity index (χ1) is 13.0. The van der Waals surface area contributed by atoms with Crippen LogP contribution in [0.1, 0.15) is 55.3 Å². The third kappa shape index (κ3) is 4.90. The number of sulfonamides is 1. The van der Waals surface area contributed by atoms with E-state index in [2.05, 4.69) is 10.8 Å². The first-order valence-electron chi connectivity index (χ1n) is 9.66. The van der Waals surface area contributed by atoms with Crippen LogP contribution in [0.4, 0.5) is 0 Å². The maximum Gasteiger partial charge on any atom is 0.257 e.